The first-order valence-electron chi connectivity index (χ1n) is 13.6. The Hall–Kier alpha value is -5.10. The first-order chi connectivity index (χ1) is 21.6. The predicted molar refractivity (Wildman–Crippen MR) is 151 cm³/mol. The zero-order valence-corrected chi connectivity index (χ0v) is 24.3. The van der Waals surface area contributed by atoms with Gasteiger partial charge in [-0.25, -0.2) is 19.2 Å². The summed E-state index contributed by atoms with van der Waals surface area (Å²) >= 11 is 0. The van der Waals surface area contributed by atoms with E-state index in [-0.39, 0.29) is 24.9 Å². The van der Waals surface area contributed by atoms with Gasteiger partial charge in [0, 0.05) is 51.2 Å². The van der Waals surface area contributed by atoms with E-state index in [1.165, 1.54) is 17.0 Å². The van der Waals surface area contributed by atoms with E-state index in [2.05, 4.69) is 9.88 Å². The number of hydrogen-bond donors (Lipinski definition) is 4. The van der Waals surface area contributed by atoms with E-state index in [4.69, 9.17) is 39.6 Å². The number of alkyl halides is 3. The molecule has 2 amide bonds. The molecule has 1 aromatic carbocycles. The van der Waals surface area contributed by atoms with Crippen molar-refractivity contribution < 1.29 is 62.4 Å². The number of hydrogen-bond acceptors (Lipinski definition) is 10. The number of carboxylic acids is 4. The van der Waals surface area contributed by atoms with E-state index in [1.807, 2.05) is 23.1 Å². The van der Waals surface area contributed by atoms with E-state index >= 15 is 0 Å². The van der Waals surface area contributed by atoms with Crippen molar-refractivity contribution >= 4 is 41.4 Å². The molecule has 0 saturated carbocycles. The molecule has 2 aliphatic heterocycles. The van der Waals surface area contributed by atoms with Crippen molar-refractivity contribution in [1.29, 1.82) is 0 Å². The number of imide groups is 1. The van der Waals surface area contributed by atoms with Crippen LogP contribution in [0, 0.1) is 0 Å². The Morgan fingerprint density at radius 1 is 0.739 bits per heavy atom. The Bertz CT molecular complexity index is 1320. The highest BCUT2D eigenvalue weighted by Crippen LogP contribution is 2.31. The molecule has 2 aromatic rings. The number of aliphatic carboxylic acids is 4. The lowest BCUT2D eigenvalue weighted by Gasteiger charge is -2.37. The average molecular weight is 656 g/mol. The number of anilines is 1. The van der Waals surface area contributed by atoms with Crippen LogP contribution in [0.25, 0.3) is 0 Å². The number of carbonyl (C=O) groups excluding carboxylic acids is 2. The van der Waals surface area contributed by atoms with E-state index in [0.29, 0.717) is 38.3 Å². The van der Waals surface area contributed by atoms with Crippen molar-refractivity contribution in [3.05, 3.63) is 59.9 Å². The molecule has 0 radical (unpaired) electrons. The SMILES string of the molecule is O=C(O)C(=O)O.O=C(O)C(=O)O.O=C1CN(Cc2ccccn2)CC(=O)N1CCCN1CCN(c2cccc(C(F)(F)F)c2)CC1. The Morgan fingerprint density at radius 3 is 1.78 bits per heavy atom. The maximum Gasteiger partial charge on any atom is 0.416 e. The third-order valence-electron chi connectivity index (χ3n) is 6.56. The van der Waals surface area contributed by atoms with Crippen LogP contribution < -0.4 is 4.90 Å². The number of piperazine rings is 2. The Morgan fingerprint density at radius 2 is 1.30 bits per heavy atom. The minimum Gasteiger partial charge on any atom is -0.473 e. The second kappa shape index (κ2) is 17.4. The first-order valence-corrected chi connectivity index (χ1v) is 13.6. The molecule has 250 valence electrons. The molecule has 3 heterocycles. The van der Waals surface area contributed by atoms with Crippen LogP contribution in [0.1, 0.15) is 17.7 Å². The second-order valence-electron chi connectivity index (χ2n) is 9.86. The smallest absolute Gasteiger partial charge is 0.416 e. The van der Waals surface area contributed by atoms with Gasteiger partial charge in [0.2, 0.25) is 11.8 Å². The van der Waals surface area contributed by atoms with Crippen LogP contribution in [0.3, 0.4) is 0 Å². The van der Waals surface area contributed by atoms with Gasteiger partial charge in [0.05, 0.1) is 24.3 Å². The van der Waals surface area contributed by atoms with Gasteiger partial charge < -0.3 is 25.3 Å². The van der Waals surface area contributed by atoms with Gasteiger partial charge in [0.25, 0.3) is 0 Å². The molecule has 2 aliphatic rings. The van der Waals surface area contributed by atoms with Gasteiger partial charge in [-0.2, -0.15) is 13.2 Å². The molecule has 2 fully saturated rings. The third kappa shape index (κ3) is 12.5. The number of pyridine rings is 1. The summed E-state index contributed by atoms with van der Waals surface area (Å²) in [6.07, 6.45) is -1.99. The molecule has 15 nitrogen and oxygen atoms in total. The van der Waals surface area contributed by atoms with E-state index in [1.54, 1.807) is 17.2 Å². The van der Waals surface area contributed by atoms with Gasteiger partial charge in [0.1, 0.15) is 0 Å². The molecule has 0 bridgehead atoms. The maximum absolute atomic E-state index is 13.0. The highest BCUT2D eigenvalue weighted by Gasteiger charge is 2.32. The van der Waals surface area contributed by atoms with E-state index < -0.39 is 35.6 Å². The highest BCUT2D eigenvalue weighted by molar-refractivity contribution is 6.27. The lowest BCUT2D eigenvalue weighted by molar-refractivity contribution is -0.159. The number of halogens is 3. The van der Waals surface area contributed by atoms with Crippen LogP contribution in [0.5, 0.6) is 0 Å². The van der Waals surface area contributed by atoms with Crippen molar-refractivity contribution in [3.63, 3.8) is 0 Å². The fourth-order valence-corrected chi connectivity index (χ4v) is 4.39. The molecule has 1 aromatic heterocycles. The fourth-order valence-electron chi connectivity index (χ4n) is 4.39. The largest absolute Gasteiger partial charge is 0.473 e. The van der Waals surface area contributed by atoms with Gasteiger partial charge in [-0.15, -0.1) is 0 Å². The van der Waals surface area contributed by atoms with Gasteiger partial charge in [-0.05, 0) is 43.3 Å². The number of amides is 2. The van der Waals surface area contributed by atoms with Crippen LogP contribution in [0.2, 0.25) is 0 Å². The van der Waals surface area contributed by atoms with Gasteiger partial charge in [0.15, 0.2) is 0 Å². The van der Waals surface area contributed by atoms with E-state index in [9.17, 15) is 22.8 Å². The quantitative estimate of drug-likeness (QED) is 0.240. The number of aromatic nitrogens is 1. The maximum atomic E-state index is 13.0. The monoisotopic (exact) mass is 655 g/mol. The van der Waals surface area contributed by atoms with Crippen molar-refractivity contribution in [2.45, 2.75) is 19.1 Å². The van der Waals surface area contributed by atoms with Crippen molar-refractivity contribution in [1.82, 2.24) is 19.7 Å². The molecule has 4 rings (SSSR count). The molecular formula is C28H32F3N5O10. The molecule has 0 aliphatic carbocycles. The Labute approximate surface area is 260 Å². The normalized spacial score (nSPS) is 15.6. The fraction of sp³-hybridized carbons (Fsp3) is 0.393. The first kappa shape index (κ1) is 37.1. The molecule has 2 saturated heterocycles. The molecule has 0 atom stereocenters. The van der Waals surface area contributed by atoms with Crippen LogP contribution in [-0.4, -0.2) is 128 Å². The second-order valence-corrected chi connectivity index (χ2v) is 9.86. The minimum absolute atomic E-state index is 0.192. The molecule has 46 heavy (non-hydrogen) atoms. The molecule has 4 N–H and O–H groups in total. The van der Waals surface area contributed by atoms with Gasteiger partial charge in [-0.1, -0.05) is 12.1 Å². The predicted octanol–water partition coefficient (Wildman–Crippen LogP) is 0.795. The number of carboxylic acid groups (broad SMARTS) is 4. The summed E-state index contributed by atoms with van der Waals surface area (Å²) in [5.41, 5.74) is 0.761. The van der Waals surface area contributed by atoms with Crippen LogP contribution in [-0.2, 0) is 41.5 Å². The summed E-state index contributed by atoms with van der Waals surface area (Å²) in [7, 11) is 0. The minimum atomic E-state index is -4.35. The summed E-state index contributed by atoms with van der Waals surface area (Å²) in [6.45, 7) is 4.65. The average Bonchev–Trinajstić information content (AvgIpc) is 2.99. The van der Waals surface area contributed by atoms with Gasteiger partial charge >= 0.3 is 30.1 Å². The highest BCUT2D eigenvalue weighted by atomic mass is 19.4. The summed E-state index contributed by atoms with van der Waals surface area (Å²) in [4.78, 5) is 73.0. The Kier molecular flexibility index (Phi) is 14.0. The summed E-state index contributed by atoms with van der Waals surface area (Å²) in [6, 6.07) is 11.0. The van der Waals surface area contributed by atoms with Crippen LogP contribution >= 0.6 is 0 Å². The standard InChI is InChI=1S/C24H28F3N5O2.2C2H2O4/c25-24(26,27)19-5-3-7-21(15-19)31-13-11-29(12-14-31)9-4-10-32-22(33)17-30(18-23(32)34)16-20-6-1-2-8-28-20;2*3-1(4)2(5)6/h1-3,5-8,15H,4,9-14,16-18H2;2*(H,3,4)(H,5,6). The zero-order chi connectivity index (χ0) is 34.4. The summed E-state index contributed by atoms with van der Waals surface area (Å²) in [5.74, 6) is -7.68. The third-order valence-corrected chi connectivity index (χ3v) is 6.56. The van der Waals surface area contributed by atoms with Crippen molar-refractivity contribution in [2.75, 3.05) is 57.3 Å². The van der Waals surface area contributed by atoms with Crippen molar-refractivity contribution in [2.24, 2.45) is 0 Å². The summed E-state index contributed by atoms with van der Waals surface area (Å²) < 4.78 is 38.9. The topological polar surface area (TPSA) is 209 Å². The zero-order valence-electron chi connectivity index (χ0n) is 24.3. The summed E-state index contributed by atoms with van der Waals surface area (Å²) in [5, 5.41) is 29.6. The molecule has 18 heteroatoms. The van der Waals surface area contributed by atoms with Crippen molar-refractivity contribution in [3.8, 4) is 0 Å². The lowest BCUT2D eigenvalue weighted by Crippen LogP contribution is -2.54. The number of benzene rings is 1. The molecule has 0 unspecified atom stereocenters. The van der Waals surface area contributed by atoms with E-state index in [0.717, 1.165) is 31.4 Å². The molecule has 0 spiro atoms. The number of carbonyl (C=O) groups is 6. The van der Waals surface area contributed by atoms with Gasteiger partial charge in [-0.3, -0.25) is 29.3 Å². The van der Waals surface area contributed by atoms with Crippen LogP contribution in [0.4, 0.5) is 18.9 Å². The lowest BCUT2D eigenvalue weighted by atomic mass is 10.1. The number of nitrogens with zero attached hydrogens (tertiary/aromatic N) is 5. The van der Waals surface area contributed by atoms with Crippen LogP contribution in [0.15, 0.2) is 48.7 Å². The molecular weight excluding hydrogens is 623 g/mol. The Balaban J connectivity index is 0.000000522. The number of rotatable bonds is 7.